The number of hydrogen-bond donors (Lipinski definition) is 2. The van der Waals surface area contributed by atoms with Crippen LogP contribution < -0.4 is 4.24 Å². The van der Waals surface area contributed by atoms with E-state index < -0.39 is 10.3 Å². The molecule has 7 heteroatoms. The van der Waals surface area contributed by atoms with Gasteiger partial charge in [0.1, 0.15) is 0 Å². The van der Waals surface area contributed by atoms with Crippen LogP contribution >= 0.6 is 11.8 Å². The summed E-state index contributed by atoms with van der Waals surface area (Å²) in [6.45, 7) is 0. The number of benzene rings is 1. The van der Waals surface area contributed by atoms with Gasteiger partial charge in [-0.3, -0.25) is 4.55 Å². The third-order valence-corrected chi connectivity index (χ3v) is 1.54. The van der Waals surface area contributed by atoms with Crippen LogP contribution in [0.5, 0.6) is 0 Å². The maximum atomic E-state index is 9.31. The second-order valence-electron chi connectivity index (χ2n) is 1.71. The standard InChI is InChI=1S/C6H6.ClH2NO3S.Na/c1-2-4-6-5-3-1;1-2-6(3,4)5;/h1-6H;2H,(H,3,4,5);. The third-order valence-electron chi connectivity index (χ3n) is 0.764. The molecular formula is C6H8ClNNaO3S. The molecule has 2 N–H and O–H groups in total. The predicted octanol–water partition coefficient (Wildman–Crippen LogP) is 0.838. The van der Waals surface area contributed by atoms with E-state index in [1.54, 1.807) is 0 Å². The first-order valence-electron chi connectivity index (χ1n) is 2.91. The second kappa shape index (κ2) is 8.96. The summed E-state index contributed by atoms with van der Waals surface area (Å²) < 4.78 is 27.3. The van der Waals surface area contributed by atoms with Crippen molar-refractivity contribution in [3.8, 4) is 0 Å². The molecule has 0 aliphatic carbocycles. The molecule has 0 heterocycles. The van der Waals surface area contributed by atoms with Gasteiger partial charge in [-0.2, -0.15) is 8.42 Å². The zero-order chi connectivity index (χ0) is 9.45. The van der Waals surface area contributed by atoms with Crippen molar-refractivity contribution in [3.63, 3.8) is 0 Å². The minimum Gasteiger partial charge on any atom is -0.273 e. The van der Waals surface area contributed by atoms with Crippen LogP contribution in [-0.2, 0) is 10.3 Å². The number of halogens is 1. The van der Waals surface area contributed by atoms with Gasteiger partial charge in [-0.05, 0) is 11.8 Å². The Labute approximate surface area is 105 Å². The fourth-order valence-electron chi connectivity index (χ4n) is 0.385. The topological polar surface area (TPSA) is 66.4 Å². The molecule has 13 heavy (non-hydrogen) atoms. The van der Waals surface area contributed by atoms with Crippen LogP contribution in [0.25, 0.3) is 0 Å². The van der Waals surface area contributed by atoms with E-state index in [0.29, 0.717) is 0 Å². The fourth-order valence-corrected chi connectivity index (χ4v) is 0.385. The first-order chi connectivity index (χ1) is 5.56. The quantitative estimate of drug-likeness (QED) is 0.428. The zero-order valence-corrected chi connectivity index (χ0v) is 10.6. The molecule has 1 aromatic carbocycles. The van der Waals surface area contributed by atoms with Crippen molar-refractivity contribution in [1.29, 1.82) is 0 Å². The van der Waals surface area contributed by atoms with E-state index in [9.17, 15) is 8.42 Å². The molecule has 69 valence electrons. The van der Waals surface area contributed by atoms with Crippen LogP contribution in [0.2, 0.25) is 0 Å². The van der Waals surface area contributed by atoms with Gasteiger partial charge in [0.2, 0.25) is 0 Å². The largest absolute Gasteiger partial charge is 0.346 e. The summed E-state index contributed by atoms with van der Waals surface area (Å²) in [5, 5.41) is 0. The van der Waals surface area contributed by atoms with E-state index in [1.807, 2.05) is 36.4 Å². The van der Waals surface area contributed by atoms with Crippen LogP contribution in [0.4, 0.5) is 0 Å². The van der Waals surface area contributed by atoms with E-state index in [0.717, 1.165) is 4.24 Å². The molecule has 0 aliphatic heterocycles. The Balaban J connectivity index is 0. The molecule has 0 aromatic heterocycles. The van der Waals surface area contributed by atoms with Crippen LogP contribution in [0.1, 0.15) is 0 Å². The maximum Gasteiger partial charge on any atom is 0.346 e. The van der Waals surface area contributed by atoms with E-state index in [4.69, 9.17) is 4.55 Å². The summed E-state index contributed by atoms with van der Waals surface area (Å²) in [4.78, 5) is 0. The first-order valence-corrected chi connectivity index (χ1v) is 4.73. The van der Waals surface area contributed by atoms with Crippen molar-refractivity contribution in [1.82, 2.24) is 4.24 Å². The number of hydrogen-bond acceptors (Lipinski definition) is 2. The Bertz CT molecular complexity index is 265. The first kappa shape index (κ1) is 15.8. The van der Waals surface area contributed by atoms with Crippen molar-refractivity contribution in [3.05, 3.63) is 36.4 Å². The average Bonchev–Trinajstić information content (AvgIpc) is 2.07. The molecule has 0 amide bonds. The van der Waals surface area contributed by atoms with Gasteiger partial charge < -0.3 is 0 Å². The minimum absolute atomic E-state index is 0. The van der Waals surface area contributed by atoms with Gasteiger partial charge in [0.05, 0.1) is 0 Å². The molecule has 0 bridgehead atoms. The van der Waals surface area contributed by atoms with E-state index >= 15 is 0 Å². The Hall–Kier alpha value is 0.380. The molecule has 0 spiro atoms. The molecule has 1 aromatic rings. The molecular weight excluding hydrogens is 225 g/mol. The summed E-state index contributed by atoms with van der Waals surface area (Å²) in [6, 6.07) is 12.0. The molecule has 1 radical (unpaired) electrons. The van der Waals surface area contributed by atoms with E-state index in [1.165, 1.54) is 0 Å². The number of rotatable bonds is 1. The Morgan fingerprint density at radius 1 is 1.00 bits per heavy atom. The van der Waals surface area contributed by atoms with Gasteiger partial charge in [-0.15, -0.1) is 4.24 Å². The molecule has 4 nitrogen and oxygen atoms in total. The van der Waals surface area contributed by atoms with Gasteiger partial charge in [-0.25, -0.2) is 0 Å². The van der Waals surface area contributed by atoms with Crippen LogP contribution in [0.15, 0.2) is 36.4 Å². The Morgan fingerprint density at radius 2 is 1.15 bits per heavy atom. The summed E-state index contributed by atoms with van der Waals surface area (Å²) in [5.74, 6) is 0. The molecule has 0 saturated heterocycles. The summed E-state index contributed by atoms with van der Waals surface area (Å²) in [7, 11) is -4.15. The van der Waals surface area contributed by atoms with Gasteiger partial charge in [-0.1, -0.05) is 36.4 Å². The SMILES string of the molecule is O=S(=O)(O)NCl.[Na].c1ccccc1. The Morgan fingerprint density at radius 3 is 1.23 bits per heavy atom. The monoisotopic (exact) mass is 232 g/mol. The summed E-state index contributed by atoms with van der Waals surface area (Å²) in [5.41, 5.74) is 0. The van der Waals surface area contributed by atoms with E-state index in [-0.39, 0.29) is 29.6 Å². The maximum absolute atomic E-state index is 9.31. The van der Waals surface area contributed by atoms with Gasteiger partial charge in [0.25, 0.3) is 0 Å². The Kier molecular flexibility index (Phi) is 10.9. The zero-order valence-electron chi connectivity index (χ0n) is 7.01. The van der Waals surface area contributed by atoms with Crippen molar-refractivity contribution in [2.45, 2.75) is 0 Å². The average molecular weight is 233 g/mol. The van der Waals surface area contributed by atoms with Crippen molar-refractivity contribution < 1.29 is 13.0 Å². The van der Waals surface area contributed by atoms with E-state index in [2.05, 4.69) is 11.8 Å². The van der Waals surface area contributed by atoms with Crippen molar-refractivity contribution in [2.75, 3.05) is 0 Å². The molecule has 0 atom stereocenters. The van der Waals surface area contributed by atoms with Crippen molar-refractivity contribution >= 4 is 51.6 Å². The normalized spacial score (nSPS) is 9.08. The molecule has 1 rings (SSSR count). The van der Waals surface area contributed by atoms with Crippen LogP contribution in [-0.4, -0.2) is 42.5 Å². The van der Waals surface area contributed by atoms with Gasteiger partial charge >= 0.3 is 10.3 Å². The molecule has 0 aliphatic rings. The predicted molar refractivity (Wildman–Crippen MR) is 52.7 cm³/mol. The van der Waals surface area contributed by atoms with Crippen LogP contribution in [0, 0.1) is 0 Å². The van der Waals surface area contributed by atoms with Crippen LogP contribution in [0.3, 0.4) is 0 Å². The summed E-state index contributed by atoms with van der Waals surface area (Å²) >= 11 is 4.39. The fraction of sp³-hybridized carbons (Fsp3) is 0. The second-order valence-corrected chi connectivity index (χ2v) is 3.27. The van der Waals surface area contributed by atoms with Gasteiger partial charge in [0, 0.05) is 29.6 Å². The summed E-state index contributed by atoms with van der Waals surface area (Å²) in [6.07, 6.45) is 0. The molecule has 0 unspecified atom stereocenters. The van der Waals surface area contributed by atoms with Crippen molar-refractivity contribution in [2.24, 2.45) is 0 Å². The molecule has 0 fully saturated rings. The molecule has 0 saturated carbocycles. The minimum atomic E-state index is -4.15. The van der Waals surface area contributed by atoms with Gasteiger partial charge in [0.15, 0.2) is 0 Å². The third kappa shape index (κ3) is 15.2. The smallest absolute Gasteiger partial charge is 0.273 e. The number of nitrogens with one attached hydrogen (secondary N) is 1.